The number of fused-ring (bicyclic) bond motifs is 6. The molecular formula is C26H30O. The average molecular weight is 359 g/mol. The monoisotopic (exact) mass is 358 g/mol. The number of aromatic hydroxyl groups is 1. The van der Waals surface area contributed by atoms with Gasteiger partial charge in [-0.2, -0.15) is 0 Å². The summed E-state index contributed by atoms with van der Waals surface area (Å²) in [5.41, 5.74) is 10.7. The van der Waals surface area contributed by atoms with E-state index in [1.165, 1.54) is 70.2 Å². The van der Waals surface area contributed by atoms with Crippen molar-refractivity contribution >= 4 is 12.2 Å². The summed E-state index contributed by atoms with van der Waals surface area (Å²) in [6.45, 7) is 9.04. The third kappa shape index (κ3) is 2.51. The summed E-state index contributed by atoms with van der Waals surface area (Å²) in [6.07, 6.45) is 14.3. The highest BCUT2D eigenvalue weighted by atomic mass is 16.3. The van der Waals surface area contributed by atoms with Crippen LogP contribution >= 0.6 is 0 Å². The highest BCUT2D eigenvalue weighted by Gasteiger charge is 2.38. The largest absolute Gasteiger partial charge is 0.507 e. The third-order valence-electron chi connectivity index (χ3n) is 7.54. The third-order valence-corrected chi connectivity index (χ3v) is 7.54. The van der Waals surface area contributed by atoms with E-state index in [0.717, 1.165) is 0 Å². The van der Waals surface area contributed by atoms with E-state index < -0.39 is 0 Å². The van der Waals surface area contributed by atoms with Gasteiger partial charge in [-0.1, -0.05) is 46.6 Å². The molecule has 0 saturated carbocycles. The zero-order valence-electron chi connectivity index (χ0n) is 17.0. The highest BCUT2D eigenvalue weighted by Crippen LogP contribution is 2.55. The van der Waals surface area contributed by atoms with Gasteiger partial charge in [-0.25, -0.2) is 0 Å². The molecular weight excluding hydrogens is 328 g/mol. The lowest BCUT2D eigenvalue weighted by molar-refractivity contribution is 0.411. The molecule has 4 aliphatic carbocycles. The van der Waals surface area contributed by atoms with Gasteiger partial charge >= 0.3 is 0 Å². The predicted octanol–water partition coefficient (Wildman–Crippen LogP) is 7.11. The molecule has 0 amide bonds. The van der Waals surface area contributed by atoms with Crippen LogP contribution < -0.4 is 0 Å². The van der Waals surface area contributed by atoms with E-state index in [1.807, 2.05) is 0 Å². The second-order valence-corrected chi connectivity index (χ2v) is 9.38. The summed E-state index contributed by atoms with van der Waals surface area (Å²) < 4.78 is 0. The number of rotatable bonds is 0. The molecule has 1 aromatic carbocycles. The molecule has 4 aliphatic rings. The Morgan fingerprint density at radius 1 is 0.741 bits per heavy atom. The van der Waals surface area contributed by atoms with Gasteiger partial charge < -0.3 is 5.11 Å². The molecule has 1 heteroatoms. The fraction of sp³-hybridized carbons (Fsp3) is 0.462. The van der Waals surface area contributed by atoms with Crippen LogP contribution in [0.3, 0.4) is 0 Å². The molecule has 1 N–H and O–H groups in total. The summed E-state index contributed by atoms with van der Waals surface area (Å²) in [5, 5.41) is 11.6. The molecule has 0 radical (unpaired) electrons. The summed E-state index contributed by atoms with van der Waals surface area (Å²) in [7, 11) is 0. The molecule has 0 aliphatic heterocycles. The lowest BCUT2D eigenvalue weighted by Crippen LogP contribution is -2.24. The Labute approximate surface area is 163 Å². The minimum atomic E-state index is 0.336. The SMILES string of the molecule is CC1=CC2c3c(cc4c(c3O)[C@@H]3C=C(C)CC[C@H]3C(C)=C4)C=C(C)[C@H]2CC1. The topological polar surface area (TPSA) is 20.2 Å². The first-order valence-corrected chi connectivity index (χ1v) is 10.5. The van der Waals surface area contributed by atoms with Crippen molar-refractivity contribution in [3.8, 4) is 5.75 Å². The van der Waals surface area contributed by atoms with Crippen molar-refractivity contribution in [1.29, 1.82) is 0 Å². The quantitative estimate of drug-likeness (QED) is 0.490. The highest BCUT2D eigenvalue weighted by molar-refractivity contribution is 5.76. The van der Waals surface area contributed by atoms with E-state index in [4.69, 9.17) is 0 Å². The molecule has 0 aromatic heterocycles. The van der Waals surface area contributed by atoms with Crippen molar-refractivity contribution in [2.75, 3.05) is 0 Å². The maximum Gasteiger partial charge on any atom is 0.124 e. The summed E-state index contributed by atoms with van der Waals surface area (Å²) in [6, 6.07) is 2.35. The number of benzene rings is 1. The first-order valence-electron chi connectivity index (χ1n) is 10.5. The van der Waals surface area contributed by atoms with Crippen LogP contribution in [0.25, 0.3) is 12.2 Å². The fourth-order valence-corrected chi connectivity index (χ4v) is 6.11. The maximum atomic E-state index is 11.6. The Bertz CT molecular complexity index is 879. The van der Waals surface area contributed by atoms with Crippen LogP contribution in [0.15, 0.2) is 40.5 Å². The van der Waals surface area contributed by atoms with Gasteiger partial charge in [0.2, 0.25) is 0 Å². The summed E-state index contributed by atoms with van der Waals surface area (Å²) in [4.78, 5) is 0. The fourth-order valence-electron chi connectivity index (χ4n) is 6.11. The molecule has 0 fully saturated rings. The molecule has 4 atom stereocenters. The summed E-state index contributed by atoms with van der Waals surface area (Å²) in [5.74, 6) is 2.35. The number of phenols is 1. The van der Waals surface area contributed by atoms with E-state index in [-0.39, 0.29) is 0 Å². The van der Waals surface area contributed by atoms with Crippen molar-refractivity contribution in [1.82, 2.24) is 0 Å². The number of allylic oxidation sites excluding steroid dienone is 6. The van der Waals surface area contributed by atoms with Crippen molar-refractivity contribution in [3.05, 3.63) is 62.8 Å². The average Bonchev–Trinajstić information content (AvgIpc) is 2.60. The van der Waals surface area contributed by atoms with Gasteiger partial charge in [-0.3, -0.25) is 0 Å². The Morgan fingerprint density at radius 3 is 1.63 bits per heavy atom. The Hall–Kier alpha value is -2.02. The van der Waals surface area contributed by atoms with Crippen molar-refractivity contribution in [3.63, 3.8) is 0 Å². The van der Waals surface area contributed by atoms with Crippen LogP contribution in [-0.2, 0) is 0 Å². The van der Waals surface area contributed by atoms with Crippen LogP contribution in [0.1, 0.15) is 87.5 Å². The minimum Gasteiger partial charge on any atom is -0.507 e. The maximum absolute atomic E-state index is 11.6. The van der Waals surface area contributed by atoms with Gasteiger partial charge in [0.15, 0.2) is 0 Å². The Balaban J connectivity index is 1.77. The van der Waals surface area contributed by atoms with Gasteiger partial charge in [0, 0.05) is 23.0 Å². The van der Waals surface area contributed by atoms with E-state index >= 15 is 0 Å². The molecule has 1 unspecified atom stereocenters. The minimum absolute atomic E-state index is 0.336. The van der Waals surface area contributed by atoms with Crippen LogP contribution in [0, 0.1) is 11.8 Å². The van der Waals surface area contributed by atoms with Crippen molar-refractivity contribution < 1.29 is 5.11 Å². The second kappa shape index (κ2) is 5.99. The molecule has 0 spiro atoms. The van der Waals surface area contributed by atoms with Crippen LogP contribution in [0.2, 0.25) is 0 Å². The van der Waals surface area contributed by atoms with Crippen LogP contribution in [0.4, 0.5) is 0 Å². The molecule has 1 nitrogen and oxygen atoms in total. The summed E-state index contributed by atoms with van der Waals surface area (Å²) >= 11 is 0. The van der Waals surface area contributed by atoms with Crippen molar-refractivity contribution in [2.24, 2.45) is 11.8 Å². The van der Waals surface area contributed by atoms with Gasteiger partial charge in [-0.15, -0.1) is 0 Å². The lowest BCUT2D eigenvalue weighted by Gasteiger charge is -2.40. The molecule has 140 valence electrons. The van der Waals surface area contributed by atoms with Gasteiger partial charge in [0.25, 0.3) is 0 Å². The van der Waals surface area contributed by atoms with Crippen LogP contribution in [-0.4, -0.2) is 5.11 Å². The van der Waals surface area contributed by atoms with E-state index in [9.17, 15) is 5.11 Å². The Kier molecular flexibility index (Phi) is 3.79. The molecule has 5 rings (SSSR count). The Morgan fingerprint density at radius 2 is 1.19 bits per heavy atom. The molecule has 1 aromatic rings. The zero-order chi connectivity index (χ0) is 18.9. The molecule has 27 heavy (non-hydrogen) atoms. The lowest BCUT2D eigenvalue weighted by atomic mass is 9.65. The smallest absolute Gasteiger partial charge is 0.124 e. The normalized spacial score (nSPS) is 31.4. The molecule has 0 bridgehead atoms. The number of phenolic OH excluding ortho intramolecular Hbond substituents is 1. The van der Waals surface area contributed by atoms with E-state index in [0.29, 0.717) is 29.4 Å². The van der Waals surface area contributed by atoms with Crippen LogP contribution in [0.5, 0.6) is 5.75 Å². The molecule has 0 saturated heterocycles. The van der Waals surface area contributed by atoms with Gasteiger partial charge in [-0.05, 0) is 82.4 Å². The van der Waals surface area contributed by atoms with E-state index in [1.54, 1.807) is 0 Å². The predicted molar refractivity (Wildman–Crippen MR) is 114 cm³/mol. The van der Waals surface area contributed by atoms with E-state index in [2.05, 4.69) is 58.1 Å². The number of hydrogen-bond acceptors (Lipinski definition) is 1. The first-order chi connectivity index (χ1) is 12.9. The standard InChI is InChI=1S/C26H30O/c1-14-5-7-20-16(3)11-18-13-19-12-17(4)21-8-6-15(2)10-23(21)25(19)26(27)24(18)22(20)9-14/h9-13,20-23,27H,5-8H2,1-4H3/t20-,21+,22+,23?/m0/s1. The van der Waals surface area contributed by atoms with Gasteiger partial charge in [0.05, 0.1) is 0 Å². The molecule has 0 heterocycles. The van der Waals surface area contributed by atoms with Crippen molar-refractivity contribution in [2.45, 2.75) is 65.2 Å². The number of hydrogen-bond donors (Lipinski definition) is 1. The van der Waals surface area contributed by atoms with Gasteiger partial charge in [0.1, 0.15) is 5.75 Å². The first kappa shape index (κ1) is 17.1. The second-order valence-electron chi connectivity index (χ2n) is 9.38. The zero-order valence-corrected chi connectivity index (χ0v) is 17.0.